The van der Waals surface area contributed by atoms with Crippen LogP contribution in [0.15, 0.2) is 0 Å². The van der Waals surface area contributed by atoms with Crippen LogP contribution in [0.1, 0.15) is 40.0 Å². The molecule has 0 aromatic carbocycles. The Morgan fingerprint density at radius 2 is 2.06 bits per heavy atom. The van der Waals surface area contributed by atoms with Crippen molar-refractivity contribution < 1.29 is 9.90 Å². The maximum Gasteiger partial charge on any atom is 0.226 e. The van der Waals surface area contributed by atoms with Gasteiger partial charge in [0, 0.05) is 19.0 Å². The van der Waals surface area contributed by atoms with E-state index < -0.39 is 5.41 Å². The van der Waals surface area contributed by atoms with E-state index in [4.69, 9.17) is 16.7 Å². The minimum atomic E-state index is -0.516. The molecule has 0 aliphatic carbocycles. The maximum atomic E-state index is 11.8. The lowest BCUT2D eigenvalue weighted by Crippen LogP contribution is -2.40. The Hall–Kier alpha value is -0.280. The standard InChI is InChI=1S/C12H24ClNO2/c1-4-5-10(6-7-15)8-14-11(16)12(2,3)9-13/h10,15H,4-9H2,1-3H3,(H,14,16). The minimum Gasteiger partial charge on any atom is -0.396 e. The normalized spacial score (nSPS) is 13.6. The average molecular weight is 250 g/mol. The molecule has 0 fully saturated rings. The maximum absolute atomic E-state index is 11.8. The van der Waals surface area contributed by atoms with Crippen LogP contribution in [0.25, 0.3) is 0 Å². The fourth-order valence-corrected chi connectivity index (χ4v) is 1.60. The Bertz CT molecular complexity index is 201. The molecular weight excluding hydrogens is 226 g/mol. The van der Waals surface area contributed by atoms with Gasteiger partial charge in [-0.25, -0.2) is 0 Å². The van der Waals surface area contributed by atoms with Gasteiger partial charge in [0.05, 0.1) is 5.41 Å². The summed E-state index contributed by atoms with van der Waals surface area (Å²) in [6.07, 6.45) is 2.84. The molecule has 0 heterocycles. The number of rotatable bonds is 8. The summed E-state index contributed by atoms with van der Waals surface area (Å²) in [4.78, 5) is 11.8. The highest BCUT2D eigenvalue weighted by molar-refractivity contribution is 6.19. The van der Waals surface area contributed by atoms with Crippen molar-refractivity contribution in [3.05, 3.63) is 0 Å². The topological polar surface area (TPSA) is 49.3 Å². The Morgan fingerprint density at radius 3 is 2.50 bits per heavy atom. The molecule has 0 aliphatic rings. The van der Waals surface area contributed by atoms with Gasteiger partial charge in [0.1, 0.15) is 0 Å². The summed E-state index contributed by atoms with van der Waals surface area (Å²) in [5.74, 6) is 0.670. The van der Waals surface area contributed by atoms with E-state index in [1.165, 1.54) is 0 Å². The van der Waals surface area contributed by atoms with Crippen molar-refractivity contribution in [2.75, 3.05) is 19.0 Å². The Labute approximate surface area is 104 Å². The molecule has 1 amide bonds. The zero-order chi connectivity index (χ0) is 12.6. The SMILES string of the molecule is CCCC(CCO)CNC(=O)C(C)(C)CCl. The largest absolute Gasteiger partial charge is 0.396 e. The molecule has 0 saturated heterocycles. The molecule has 2 N–H and O–H groups in total. The third-order valence-electron chi connectivity index (χ3n) is 2.73. The number of hydrogen-bond donors (Lipinski definition) is 2. The Morgan fingerprint density at radius 1 is 1.44 bits per heavy atom. The zero-order valence-corrected chi connectivity index (χ0v) is 11.3. The van der Waals surface area contributed by atoms with Crippen LogP contribution in [0.4, 0.5) is 0 Å². The average Bonchev–Trinajstić information content (AvgIpc) is 2.26. The van der Waals surface area contributed by atoms with Gasteiger partial charge in [-0.15, -0.1) is 11.6 Å². The number of aliphatic hydroxyl groups is 1. The highest BCUT2D eigenvalue weighted by Crippen LogP contribution is 2.17. The van der Waals surface area contributed by atoms with Gasteiger partial charge in [0.25, 0.3) is 0 Å². The van der Waals surface area contributed by atoms with E-state index in [0.717, 1.165) is 19.3 Å². The molecule has 0 bridgehead atoms. The number of amides is 1. The molecule has 0 radical (unpaired) electrons. The van der Waals surface area contributed by atoms with Crippen LogP contribution in [0, 0.1) is 11.3 Å². The van der Waals surface area contributed by atoms with E-state index >= 15 is 0 Å². The number of nitrogens with one attached hydrogen (secondary N) is 1. The molecule has 0 aromatic heterocycles. The molecule has 4 heteroatoms. The molecule has 16 heavy (non-hydrogen) atoms. The number of alkyl halides is 1. The van der Waals surface area contributed by atoms with E-state index in [2.05, 4.69) is 12.2 Å². The summed E-state index contributed by atoms with van der Waals surface area (Å²) in [6, 6.07) is 0. The monoisotopic (exact) mass is 249 g/mol. The van der Waals surface area contributed by atoms with Gasteiger partial charge in [0.15, 0.2) is 0 Å². The van der Waals surface area contributed by atoms with Crippen molar-refractivity contribution in [3.63, 3.8) is 0 Å². The quantitative estimate of drug-likeness (QED) is 0.648. The van der Waals surface area contributed by atoms with Gasteiger partial charge >= 0.3 is 0 Å². The molecule has 0 spiro atoms. The van der Waals surface area contributed by atoms with Crippen molar-refractivity contribution in [2.45, 2.75) is 40.0 Å². The van der Waals surface area contributed by atoms with E-state index in [-0.39, 0.29) is 12.5 Å². The molecular formula is C12H24ClNO2. The molecule has 0 aliphatic heterocycles. The fourth-order valence-electron chi connectivity index (χ4n) is 1.48. The van der Waals surface area contributed by atoms with Crippen LogP contribution >= 0.6 is 11.6 Å². The summed E-state index contributed by atoms with van der Waals surface area (Å²) in [7, 11) is 0. The van der Waals surface area contributed by atoms with Gasteiger partial charge in [-0.1, -0.05) is 13.3 Å². The first kappa shape index (κ1) is 15.7. The molecule has 0 saturated carbocycles. The van der Waals surface area contributed by atoms with Crippen molar-refractivity contribution >= 4 is 17.5 Å². The third-order valence-corrected chi connectivity index (χ3v) is 3.40. The van der Waals surface area contributed by atoms with Gasteiger partial charge < -0.3 is 10.4 Å². The van der Waals surface area contributed by atoms with Crippen molar-refractivity contribution in [2.24, 2.45) is 11.3 Å². The second-order valence-corrected chi connectivity index (χ2v) is 5.16. The molecule has 1 unspecified atom stereocenters. The predicted molar refractivity (Wildman–Crippen MR) is 67.6 cm³/mol. The summed E-state index contributed by atoms with van der Waals surface area (Å²) in [5, 5.41) is 11.8. The first-order chi connectivity index (χ1) is 7.47. The number of carbonyl (C=O) groups is 1. The van der Waals surface area contributed by atoms with Gasteiger partial charge in [-0.05, 0) is 32.6 Å². The molecule has 1 atom stereocenters. The van der Waals surface area contributed by atoms with Gasteiger partial charge in [0.2, 0.25) is 5.91 Å². The smallest absolute Gasteiger partial charge is 0.226 e. The lowest BCUT2D eigenvalue weighted by Gasteiger charge is -2.23. The lowest BCUT2D eigenvalue weighted by molar-refractivity contribution is -0.128. The summed E-state index contributed by atoms with van der Waals surface area (Å²) in [6.45, 7) is 6.58. The lowest BCUT2D eigenvalue weighted by atomic mass is 9.94. The first-order valence-corrected chi connectivity index (χ1v) is 6.46. The number of halogens is 1. The summed E-state index contributed by atoms with van der Waals surface area (Å²) >= 11 is 5.72. The van der Waals surface area contributed by atoms with Crippen molar-refractivity contribution in [3.8, 4) is 0 Å². The second kappa shape index (κ2) is 7.91. The van der Waals surface area contributed by atoms with Crippen LogP contribution in [0.3, 0.4) is 0 Å². The van der Waals surface area contributed by atoms with Crippen molar-refractivity contribution in [1.29, 1.82) is 0 Å². The van der Waals surface area contributed by atoms with Crippen LogP contribution in [-0.2, 0) is 4.79 Å². The molecule has 0 rings (SSSR count). The Balaban J connectivity index is 4.04. The zero-order valence-electron chi connectivity index (χ0n) is 10.6. The van der Waals surface area contributed by atoms with Crippen LogP contribution < -0.4 is 5.32 Å². The Kier molecular flexibility index (Phi) is 7.77. The molecule has 0 aromatic rings. The first-order valence-electron chi connectivity index (χ1n) is 5.93. The number of hydrogen-bond acceptors (Lipinski definition) is 2. The van der Waals surface area contributed by atoms with E-state index in [1.54, 1.807) is 0 Å². The van der Waals surface area contributed by atoms with Gasteiger partial charge in [-0.3, -0.25) is 4.79 Å². The van der Waals surface area contributed by atoms with E-state index in [1.807, 2.05) is 13.8 Å². The molecule has 3 nitrogen and oxygen atoms in total. The highest BCUT2D eigenvalue weighted by Gasteiger charge is 2.26. The summed E-state index contributed by atoms with van der Waals surface area (Å²) < 4.78 is 0. The van der Waals surface area contributed by atoms with Crippen LogP contribution in [0.5, 0.6) is 0 Å². The van der Waals surface area contributed by atoms with E-state index in [0.29, 0.717) is 18.3 Å². The molecule has 96 valence electrons. The fraction of sp³-hybridized carbons (Fsp3) is 0.917. The van der Waals surface area contributed by atoms with E-state index in [9.17, 15) is 4.79 Å². The summed E-state index contributed by atoms with van der Waals surface area (Å²) in [5.41, 5.74) is -0.516. The van der Waals surface area contributed by atoms with Gasteiger partial charge in [-0.2, -0.15) is 0 Å². The highest BCUT2D eigenvalue weighted by atomic mass is 35.5. The van der Waals surface area contributed by atoms with Crippen molar-refractivity contribution in [1.82, 2.24) is 5.32 Å². The van der Waals surface area contributed by atoms with Crippen LogP contribution in [-0.4, -0.2) is 30.0 Å². The second-order valence-electron chi connectivity index (χ2n) is 4.89. The van der Waals surface area contributed by atoms with Crippen LogP contribution in [0.2, 0.25) is 0 Å². The minimum absolute atomic E-state index is 0.0125. The number of carbonyl (C=O) groups excluding carboxylic acids is 1. The third kappa shape index (κ3) is 5.71. The predicted octanol–water partition coefficient (Wildman–Crippen LogP) is 2.17. The number of aliphatic hydroxyl groups excluding tert-OH is 1.